The Morgan fingerprint density at radius 1 is 1.30 bits per heavy atom. The SMILES string of the molecule is CCNc1cccnc1S(=O)(=O)NCc1ccnn1C. The maximum atomic E-state index is 12.3. The molecule has 0 saturated heterocycles. The maximum absolute atomic E-state index is 12.3. The fourth-order valence-corrected chi connectivity index (χ4v) is 2.85. The average molecular weight is 295 g/mol. The van der Waals surface area contributed by atoms with Gasteiger partial charge in [-0.25, -0.2) is 18.1 Å². The lowest BCUT2D eigenvalue weighted by Gasteiger charge is -2.11. The maximum Gasteiger partial charge on any atom is 0.260 e. The fourth-order valence-electron chi connectivity index (χ4n) is 1.74. The number of sulfonamides is 1. The summed E-state index contributed by atoms with van der Waals surface area (Å²) in [6, 6.07) is 5.14. The van der Waals surface area contributed by atoms with Crippen LogP contribution in [0.3, 0.4) is 0 Å². The molecule has 108 valence electrons. The van der Waals surface area contributed by atoms with Crippen molar-refractivity contribution in [1.29, 1.82) is 0 Å². The molecule has 0 radical (unpaired) electrons. The number of aryl methyl sites for hydroxylation is 1. The lowest BCUT2D eigenvalue weighted by atomic mass is 10.4. The summed E-state index contributed by atoms with van der Waals surface area (Å²) in [4.78, 5) is 3.96. The summed E-state index contributed by atoms with van der Waals surface area (Å²) in [7, 11) is -1.91. The van der Waals surface area contributed by atoms with Gasteiger partial charge in [0.2, 0.25) is 0 Å². The summed E-state index contributed by atoms with van der Waals surface area (Å²) in [5, 5.41) is 6.98. The van der Waals surface area contributed by atoms with E-state index in [1.165, 1.54) is 6.20 Å². The van der Waals surface area contributed by atoms with E-state index in [9.17, 15) is 8.42 Å². The molecule has 0 saturated carbocycles. The van der Waals surface area contributed by atoms with Crippen molar-refractivity contribution >= 4 is 15.7 Å². The zero-order chi connectivity index (χ0) is 14.6. The Bertz CT molecular complexity index is 681. The van der Waals surface area contributed by atoms with Crippen molar-refractivity contribution in [2.75, 3.05) is 11.9 Å². The van der Waals surface area contributed by atoms with Crippen LogP contribution < -0.4 is 10.0 Å². The van der Waals surface area contributed by atoms with E-state index in [0.29, 0.717) is 12.2 Å². The molecule has 0 spiro atoms. The van der Waals surface area contributed by atoms with E-state index < -0.39 is 10.0 Å². The molecule has 2 aromatic rings. The molecule has 2 N–H and O–H groups in total. The predicted octanol–water partition coefficient (Wildman–Crippen LogP) is 0.725. The van der Waals surface area contributed by atoms with Gasteiger partial charge in [0, 0.05) is 26.0 Å². The van der Waals surface area contributed by atoms with Gasteiger partial charge in [0.05, 0.1) is 17.9 Å². The highest BCUT2D eigenvalue weighted by Crippen LogP contribution is 2.17. The third-order valence-corrected chi connectivity index (χ3v) is 4.12. The minimum atomic E-state index is -3.67. The molecule has 7 nitrogen and oxygen atoms in total. The third-order valence-electron chi connectivity index (χ3n) is 2.76. The highest BCUT2D eigenvalue weighted by atomic mass is 32.2. The lowest BCUT2D eigenvalue weighted by molar-refractivity contribution is 0.574. The minimum absolute atomic E-state index is 0.00372. The Labute approximate surface area is 118 Å². The molecule has 0 aliphatic rings. The first-order chi connectivity index (χ1) is 9.54. The Hall–Kier alpha value is -1.93. The molecular weight excluding hydrogens is 278 g/mol. The Balaban J connectivity index is 2.20. The molecule has 0 aromatic carbocycles. The number of nitrogens with one attached hydrogen (secondary N) is 2. The quantitative estimate of drug-likeness (QED) is 0.820. The van der Waals surface area contributed by atoms with E-state index in [1.807, 2.05) is 6.92 Å². The van der Waals surface area contributed by atoms with Crippen LogP contribution in [0.1, 0.15) is 12.6 Å². The van der Waals surface area contributed by atoms with Crippen molar-refractivity contribution in [3.8, 4) is 0 Å². The number of pyridine rings is 1. The molecule has 0 unspecified atom stereocenters. The molecule has 0 aliphatic carbocycles. The van der Waals surface area contributed by atoms with E-state index in [2.05, 4.69) is 20.1 Å². The lowest BCUT2D eigenvalue weighted by Crippen LogP contribution is -2.26. The van der Waals surface area contributed by atoms with Gasteiger partial charge in [-0.2, -0.15) is 5.10 Å². The molecule has 2 rings (SSSR count). The van der Waals surface area contributed by atoms with Gasteiger partial charge in [-0.15, -0.1) is 0 Å². The van der Waals surface area contributed by atoms with Crippen molar-refractivity contribution in [3.63, 3.8) is 0 Å². The highest BCUT2D eigenvalue weighted by molar-refractivity contribution is 7.89. The second-order valence-electron chi connectivity index (χ2n) is 4.16. The van der Waals surface area contributed by atoms with E-state index >= 15 is 0 Å². The second-order valence-corrected chi connectivity index (χ2v) is 5.84. The van der Waals surface area contributed by atoms with Crippen molar-refractivity contribution in [2.45, 2.75) is 18.5 Å². The number of hydrogen-bond donors (Lipinski definition) is 2. The van der Waals surface area contributed by atoms with Gasteiger partial charge in [0.1, 0.15) is 0 Å². The van der Waals surface area contributed by atoms with Crippen molar-refractivity contribution in [2.24, 2.45) is 7.05 Å². The minimum Gasteiger partial charge on any atom is -0.383 e. The van der Waals surface area contributed by atoms with Crippen molar-refractivity contribution < 1.29 is 8.42 Å². The summed E-state index contributed by atoms with van der Waals surface area (Å²) in [6.07, 6.45) is 3.08. The zero-order valence-electron chi connectivity index (χ0n) is 11.4. The predicted molar refractivity (Wildman–Crippen MR) is 75.6 cm³/mol. The van der Waals surface area contributed by atoms with Crippen LogP contribution in [-0.4, -0.2) is 29.7 Å². The standard InChI is InChI=1S/C12H17N5O2S/c1-3-13-11-5-4-7-14-12(11)20(18,19)16-9-10-6-8-15-17(10)2/h4-8,13,16H,3,9H2,1-2H3. The number of aromatic nitrogens is 3. The van der Waals surface area contributed by atoms with Crippen LogP contribution >= 0.6 is 0 Å². The zero-order valence-corrected chi connectivity index (χ0v) is 12.2. The number of hydrogen-bond acceptors (Lipinski definition) is 5. The Kier molecular flexibility index (Phi) is 4.35. The van der Waals surface area contributed by atoms with Crippen LogP contribution in [0.2, 0.25) is 0 Å². The summed E-state index contributed by atoms with van der Waals surface area (Å²) in [6.45, 7) is 2.68. The molecule has 0 bridgehead atoms. The second kappa shape index (κ2) is 6.02. The molecule has 8 heteroatoms. The number of nitrogens with zero attached hydrogens (tertiary/aromatic N) is 3. The number of anilines is 1. The largest absolute Gasteiger partial charge is 0.383 e. The smallest absolute Gasteiger partial charge is 0.260 e. The van der Waals surface area contributed by atoms with Gasteiger partial charge in [-0.1, -0.05) is 0 Å². The normalized spacial score (nSPS) is 11.5. The molecule has 0 aliphatic heterocycles. The first-order valence-electron chi connectivity index (χ1n) is 6.20. The van der Waals surface area contributed by atoms with Crippen LogP contribution in [-0.2, 0) is 23.6 Å². The summed E-state index contributed by atoms with van der Waals surface area (Å²) in [5.41, 5.74) is 1.27. The van der Waals surface area contributed by atoms with Gasteiger partial charge >= 0.3 is 0 Å². The van der Waals surface area contributed by atoms with Gasteiger partial charge < -0.3 is 5.32 Å². The van der Waals surface area contributed by atoms with Gasteiger partial charge in [0.15, 0.2) is 5.03 Å². The highest BCUT2D eigenvalue weighted by Gasteiger charge is 2.19. The van der Waals surface area contributed by atoms with Crippen LogP contribution in [0.15, 0.2) is 35.6 Å². The van der Waals surface area contributed by atoms with E-state index in [4.69, 9.17) is 0 Å². The van der Waals surface area contributed by atoms with Crippen LogP contribution in [0.5, 0.6) is 0 Å². The van der Waals surface area contributed by atoms with Crippen LogP contribution in [0.25, 0.3) is 0 Å². The van der Waals surface area contributed by atoms with E-state index in [-0.39, 0.29) is 11.6 Å². The molecular formula is C12H17N5O2S. The number of rotatable bonds is 6. The summed E-state index contributed by atoms with van der Waals surface area (Å²) in [5.74, 6) is 0. The molecule has 20 heavy (non-hydrogen) atoms. The first-order valence-corrected chi connectivity index (χ1v) is 7.68. The van der Waals surface area contributed by atoms with E-state index in [0.717, 1.165) is 5.69 Å². The summed E-state index contributed by atoms with van der Waals surface area (Å²) < 4.78 is 28.7. The van der Waals surface area contributed by atoms with E-state index in [1.54, 1.807) is 36.1 Å². The first kappa shape index (κ1) is 14.5. The van der Waals surface area contributed by atoms with Crippen LogP contribution in [0.4, 0.5) is 5.69 Å². The Morgan fingerprint density at radius 3 is 2.75 bits per heavy atom. The average Bonchev–Trinajstić information content (AvgIpc) is 2.83. The van der Waals surface area contributed by atoms with Gasteiger partial charge in [-0.05, 0) is 25.1 Å². The third kappa shape index (κ3) is 3.14. The molecule has 2 heterocycles. The molecule has 0 amide bonds. The topological polar surface area (TPSA) is 88.9 Å². The van der Waals surface area contributed by atoms with Crippen molar-refractivity contribution in [1.82, 2.24) is 19.5 Å². The molecule has 2 aromatic heterocycles. The van der Waals surface area contributed by atoms with Gasteiger partial charge in [-0.3, -0.25) is 4.68 Å². The fraction of sp³-hybridized carbons (Fsp3) is 0.333. The van der Waals surface area contributed by atoms with Crippen molar-refractivity contribution in [3.05, 3.63) is 36.3 Å². The molecule has 0 atom stereocenters. The van der Waals surface area contributed by atoms with Crippen LogP contribution in [0, 0.1) is 0 Å². The Morgan fingerprint density at radius 2 is 2.10 bits per heavy atom. The van der Waals surface area contributed by atoms with Gasteiger partial charge in [0.25, 0.3) is 10.0 Å². The summed E-state index contributed by atoms with van der Waals surface area (Å²) >= 11 is 0. The monoisotopic (exact) mass is 295 g/mol. The molecule has 0 fully saturated rings.